The molecule has 0 unspecified atom stereocenters. The van der Waals surface area contributed by atoms with Crippen molar-refractivity contribution in [3.05, 3.63) is 86.5 Å². The molecule has 4 atom stereocenters. The van der Waals surface area contributed by atoms with Crippen molar-refractivity contribution in [2.24, 2.45) is 0 Å². The average molecular weight is 673 g/mol. The highest BCUT2D eigenvalue weighted by molar-refractivity contribution is 6.35. The molecule has 9 N–H and O–H groups in total. The van der Waals surface area contributed by atoms with E-state index in [2.05, 4.69) is 0 Å². The van der Waals surface area contributed by atoms with Crippen LogP contribution >= 0.6 is 0 Å². The Balaban J connectivity index is 1.59. The number of hydrogen-bond acceptors (Lipinski definition) is 15. The molecule has 0 saturated carbocycles. The Hall–Kier alpha value is -6.00. The van der Waals surface area contributed by atoms with Crippen molar-refractivity contribution in [1.82, 2.24) is 0 Å². The largest absolute Gasteiger partial charge is 0.508 e. The van der Waals surface area contributed by atoms with Gasteiger partial charge in [-0.1, -0.05) is 0 Å². The third kappa shape index (κ3) is 4.37. The first-order chi connectivity index (χ1) is 23.2. The van der Waals surface area contributed by atoms with E-state index in [1.165, 1.54) is 19.1 Å². The number of rotatable bonds is 4. The number of carbonyl (C=O) groups is 4. The molecule has 1 heterocycles. The average Bonchev–Trinajstić information content (AvgIpc) is 3.29. The fraction of sp³-hybridized carbons (Fsp3) is 0.176. The molecule has 1 saturated heterocycles. The summed E-state index contributed by atoms with van der Waals surface area (Å²) < 4.78 is 11.2. The SMILES string of the molecule is Cc1cc(O)c2c(c1)C(=O)c1c(c(O)cc(O[C@@H]3O[C@@H](CO)[C@H](O)[C@H]3O)c1-c1c(O)cc(O)c3c1C(=O)c1cc(O)cc(O)c1C3=O)C2=O. The molecule has 7 rings (SSSR count). The minimum atomic E-state index is -1.84. The fourth-order valence-corrected chi connectivity index (χ4v) is 6.63. The van der Waals surface area contributed by atoms with E-state index >= 15 is 0 Å². The van der Waals surface area contributed by atoms with Gasteiger partial charge in [-0.25, -0.2) is 0 Å². The van der Waals surface area contributed by atoms with Gasteiger partial charge in [-0.3, -0.25) is 19.2 Å². The lowest BCUT2D eigenvalue weighted by atomic mass is 9.75. The normalized spacial score (nSPS) is 20.9. The van der Waals surface area contributed by atoms with E-state index in [0.29, 0.717) is 11.6 Å². The van der Waals surface area contributed by atoms with Gasteiger partial charge in [0.05, 0.1) is 28.9 Å². The van der Waals surface area contributed by atoms with Crippen LogP contribution in [0.4, 0.5) is 0 Å². The van der Waals surface area contributed by atoms with Crippen LogP contribution in [0.3, 0.4) is 0 Å². The van der Waals surface area contributed by atoms with Gasteiger partial charge in [-0.2, -0.15) is 0 Å². The van der Waals surface area contributed by atoms with Gasteiger partial charge in [0.2, 0.25) is 17.9 Å². The number of benzene rings is 4. The number of carbonyl (C=O) groups excluding carboxylic acids is 4. The quantitative estimate of drug-likeness (QED) is 0.128. The lowest BCUT2D eigenvalue weighted by Gasteiger charge is -2.28. The molecule has 2 aliphatic carbocycles. The van der Waals surface area contributed by atoms with Gasteiger partial charge in [-0.05, 0) is 30.7 Å². The molecule has 15 heteroatoms. The fourth-order valence-electron chi connectivity index (χ4n) is 6.63. The Labute approximate surface area is 273 Å². The summed E-state index contributed by atoms with van der Waals surface area (Å²) in [6.45, 7) is 0.747. The van der Waals surface area contributed by atoms with Crippen molar-refractivity contribution in [3.63, 3.8) is 0 Å². The van der Waals surface area contributed by atoms with E-state index < -0.39 is 145 Å². The van der Waals surface area contributed by atoms with Crippen LogP contribution < -0.4 is 4.74 Å². The van der Waals surface area contributed by atoms with E-state index in [4.69, 9.17) is 9.47 Å². The van der Waals surface area contributed by atoms with Gasteiger partial charge in [0.15, 0.2) is 11.6 Å². The van der Waals surface area contributed by atoms with Gasteiger partial charge in [0.1, 0.15) is 58.6 Å². The monoisotopic (exact) mass is 672 g/mol. The second kappa shape index (κ2) is 10.8. The van der Waals surface area contributed by atoms with Crippen LogP contribution in [-0.4, -0.2) is 100 Å². The molecule has 3 aliphatic rings. The van der Waals surface area contributed by atoms with Gasteiger partial charge in [-0.15, -0.1) is 0 Å². The Morgan fingerprint density at radius 2 is 1.08 bits per heavy atom. The highest BCUT2D eigenvalue weighted by Gasteiger charge is 2.47. The Bertz CT molecular complexity index is 2220. The van der Waals surface area contributed by atoms with E-state index in [-0.39, 0.29) is 5.56 Å². The van der Waals surface area contributed by atoms with Gasteiger partial charge >= 0.3 is 0 Å². The molecule has 0 spiro atoms. The van der Waals surface area contributed by atoms with Crippen LogP contribution in [0.15, 0.2) is 36.4 Å². The van der Waals surface area contributed by atoms with Crippen LogP contribution in [0.25, 0.3) is 11.1 Å². The van der Waals surface area contributed by atoms with E-state index in [1.807, 2.05) is 0 Å². The van der Waals surface area contributed by atoms with Gasteiger partial charge in [0.25, 0.3) is 0 Å². The summed E-state index contributed by atoms with van der Waals surface area (Å²) in [5.74, 6) is -9.85. The van der Waals surface area contributed by atoms with E-state index in [1.54, 1.807) is 0 Å². The maximum atomic E-state index is 14.4. The Kier molecular flexibility index (Phi) is 6.94. The number of aliphatic hydroxyl groups is 3. The Morgan fingerprint density at radius 1 is 0.571 bits per heavy atom. The first-order valence-corrected chi connectivity index (χ1v) is 14.5. The summed E-state index contributed by atoms with van der Waals surface area (Å²) in [7, 11) is 0. The molecule has 15 nitrogen and oxygen atoms in total. The van der Waals surface area contributed by atoms with Gasteiger partial charge in [0, 0.05) is 51.6 Å². The number of fused-ring (bicyclic) bond motifs is 4. The first kappa shape index (κ1) is 31.6. The van der Waals surface area contributed by atoms with Crippen molar-refractivity contribution in [1.29, 1.82) is 0 Å². The third-order valence-corrected chi connectivity index (χ3v) is 8.76. The molecular formula is C34H24O15. The summed E-state index contributed by atoms with van der Waals surface area (Å²) in [5, 5.41) is 95.3. The maximum Gasteiger partial charge on any atom is 0.229 e. The first-order valence-electron chi connectivity index (χ1n) is 14.5. The zero-order valence-corrected chi connectivity index (χ0v) is 25.0. The van der Waals surface area contributed by atoms with Gasteiger partial charge < -0.3 is 55.4 Å². The van der Waals surface area contributed by atoms with E-state index in [0.717, 1.165) is 18.2 Å². The van der Waals surface area contributed by atoms with Crippen LogP contribution in [0.2, 0.25) is 0 Å². The van der Waals surface area contributed by atoms with Crippen molar-refractivity contribution >= 4 is 23.1 Å². The summed E-state index contributed by atoms with van der Waals surface area (Å²) in [4.78, 5) is 56.2. The zero-order chi connectivity index (χ0) is 35.4. The summed E-state index contributed by atoms with van der Waals surface area (Å²) >= 11 is 0. The number of ether oxygens (including phenoxy) is 2. The smallest absolute Gasteiger partial charge is 0.229 e. The molecule has 0 amide bonds. The highest BCUT2D eigenvalue weighted by Crippen LogP contribution is 2.53. The molecule has 250 valence electrons. The number of phenols is 6. The highest BCUT2D eigenvalue weighted by atomic mass is 16.7. The molecule has 4 aromatic rings. The minimum absolute atomic E-state index is 0.340. The standard InChI is InChI=1S/C34H24O15/c1-9-2-11-20(13(37)3-9)31(45)24-17(41)7-18(48-34-33(47)30(44)19(8-35)49-34)25(27(24)28(11)42)22-15(39)6-16(40)23-26(22)29(43)12-4-10(36)5-14(38)21(12)32(23)46/h2-7,19,30,33-41,44,47H,8H2,1H3/t19-,30-,33+,34+/m0/s1. The summed E-state index contributed by atoms with van der Waals surface area (Å²) in [6, 6.07) is 5.53. The lowest BCUT2D eigenvalue weighted by molar-refractivity contribution is -0.116. The van der Waals surface area contributed by atoms with Crippen LogP contribution in [-0.2, 0) is 4.74 Å². The van der Waals surface area contributed by atoms with Crippen molar-refractivity contribution < 1.29 is 74.6 Å². The second-order valence-corrected chi connectivity index (χ2v) is 11.8. The maximum absolute atomic E-state index is 14.4. The predicted octanol–water partition coefficient (Wildman–Crippen LogP) is 1.26. The number of phenolic OH excluding ortho intramolecular Hbond substituents is 6. The number of aliphatic hydroxyl groups excluding tert-OH is 3. The molecule has 0 bridgehead atoms. The topological polar surface area (TPSA) is 269 Å². The lowest BCUT2D eigenvalue weighted by Crippen LogP contribution is -2.35. The molecule has 1 aliphatic heterocycles. The molecule has 49 heavy (non-hydrogen) atoms. The molecule has 0 aromatic heterocycles. The summed E-state index contributed by atoms with van der Waals surface area (Å²) in [6.07, 6.45) is -6.71. The van der Waals surface area contributed by atoms with Crippen LogP contribution in [0.1, 0.15) is 69.2 Å². The van der Waals surface area contributed by atoms with Crippen molar-refractivity contribution in [3.8, 4) is 51.4 Å². The number of hydrogen-bond donors (Lipinski definition) is 9. The Morgan fingerprint density at radius 3 is 1.67 bits per heavy atom. The predicted molar refractivity (Wildman–Crippen MR) is 162 cm³/mol. The molecule has 0 radical (unpaired) electrons. The van der Waals surface area contributed by atoms with Crippen molar-refractivity contribution in [2.45, 2.75) is 31.5 Å². The van der Waals surface area contributed by atoms with Crippen LogP contribution in [0, 0.1) is 6.92 Å². The summed E-state index contributed by atoms with van der Waals surface area (Å²) in [5.41, 5.74) is -5.89. The van der Waals surface area contributed by atoms with E-state index in [9.17, 15) is 65.1 Å². The number of aromatic hydroxyl groups is 6. The number of aryl methyl sites for hydroxylation is 1. The zero-order valence-electron chi connectivity index (χ0n) is 25.0. The minimum Gasteiger partial charge on any atom is -0.508 e. The second-order valence-electron chi connectivity index (χ2n) is 11.8. The molecular weight excluding hydrogens is 648 g/mol. The number of ketones is 4. The molecule has 1 fully saturated rings. The third-order valence-electron chi connectivity index (χ3n) is 8.76. The molecule has 4 aromatic carbocycles. The van der Waals surface area contributed by atoms with Crippen molar-refractivity contribution in [2.75, 3.05) is 6.61 Å². The van der Waals surface area contributed by atoms with Crippen LogP contribution in [0.5, 0.6) is 40.2 Å².